The molecule has 0 aliphatic heterocycles. The van der Waals surface area contributed by atoms with Crippen LogP contribution < -0.4 is 0 Å². The van der Waals surface area contributed by atoms with E-state index in [1.807, 2.05) is 0 Å². The number of likely N-dealkylation sites (N-methyl/N-ethyl adjacent to an activating group) is 1. The maximum absolute atomic E-state index is 2.29. The number of hydrogen-bond donors (Lipinski definition) is 0. The Balaban J connectivity index is 4.10. The fraction of sp³-hybridized carbons (Fsp3) is 0.800. The van der Waals surface area contributed by atoms with Crippen molar-refractivity contribution in [3.8, 4) is 0 Å². The Morgan fingerprint density at radius 1 is 1.45 bits per heavy atom. The van der Waals surface area contributed by atoms with Crippen molar-refractivity contribution in [2.45, 2.75) is 39.7 Å². The molecular formula is C10H21N. The maximum Gasteiger partial charge on any atom is 0.0298 e. The molecule has 0 aromatic carbocycles. The molecule has 66 valence electrons. The first-order valence-electron chi connectivity index (χ1n) is 4.42. The normalized spacial score (nSPS) is 15.6. The van der Waals surface area contributed by atoms with E-state index >= 15 is 0 Å². The van der Waals surface area contributed by atoms with Gasteiger partial charge in [0.05, 0.1) is 0 Å². The second kappa shape index (κ2) is 5.36. The summed E-state index contributed by atoms with van der Waals surface area (Å²) in [6, 6.07) is 0.644. The third-order valence-electron chi connectivity index (χ3n) is 2.17. The van der Waals surface area contributed by atoms with Crippen LogP contribution in [-0.2, 0) is 0 Å². The van der Waals surface area contributed by atoms with Crippen LogP contribution in [0.2, 0.25) is 0 Å². The van der Waals surface area contributed by atoms with Crippen molar-refractivity contribution >= 4 is 0 Å². The standard InChI is InChI=1S/C10H21N/c1-6-8-10(11(4)5)9(3)7-2/h7,10H,6,8H2,1-5H3/b9-7+. The van der Waals surface area contributed by atoms with Crippen molar-refractivity contribution in [2.24, 2.45) is 0 Å². The minimum absolute atomic E-state index is 0.644. The highest BCUT2D eigenvalue weighted by molar-refractivity contribution is 5.05. The van der Waals surface area contributed by atoms with Gasteiger partial charge in [0.15, 0.2) is 0 Å². The third kappa shape index (κ3) is 3.57. The highest BCUT2D eigenvalue weighted by Crippen LogP contribution is 2.12. The van der Waals surface area contributed by atoms with Crippen LogP contribution in [0.15, 0.2) is 11.6 Å². The van der Waals surface area contributed by atoms with Gasteiger partial charge < -0.3 is 4.90 Å². The van der Waals surface area contributed by atoms with Crippen LogP contribution in [0.25, 0.3) is 0 Å². The van der Waals surface area contributed by atoms with Crippen molar-refractivity contribution in [1.29, 1.82) is 0 Å². The van der Waals surface area contributed by atoms with Crippen molar-refractivity contribution in [2.75, 3.05) is 14.1 Å². The van der Waals surface area contributed by atoms with Gasteiger partial charge in [-0.3, -0.25) is 0 Å². The number of hydrogen-bond acceptors (Lipinski definition) is 1. The van der Waals surface area contributed by atoms with E-state index in [-0.39, 0.29) is 0 Å². The van der Waals surface area contributed by atoms with Crippen molar-refractivity contribution < 1.29 is 0 Å². The molecule has 0 heterocycles. The molecule has 0 aliphatic rings. The summed E-state index contributed by atoms with van der Waals surface area (Å²) in [6.07, 6.45) is 4.73. The molecule has 0 amide bonds. The minimum Gasteiger partial charge on any atom is -0.303 e. The van der Waals surface area contributed by atoms with Crippen LogP contribution in [0.3, 0.4) is 0 Å². The van der Waals surface area contributed by atoms with Crippen LogP contribution >= 0.6 is 0 Å². The molecule has 1 heteroatoms. The van der Waals surface area contributed by atoms with E-state index < -0.39 is 0 Å². The summed E-state index contributed by atoms with van der Waals surface area (Å²) in [6.45, 7) is 6.56. The summed E-state index contributed by atoms with van der Waals surface area (Å²) >= 11 is 0. The summed E-state index contributed by atoms with van der Waals surface area (Å²) < 4.78 is 0. The van der Waals surface area contributed by atoms with Crippen molar-refractivity contribution in [3.63, 3.8) is 0 Å². The largest absolute Gasteiger partial charge is 0.303 e. The fourth-order valence-corrected chi connectivity index (χ4v) is 1.36. The summed E-state index contributed by atoms with van der Waals surface area (Å²) in [5, 5.41) is 0. The first kappa shape index (κ1) is 10.7. The van der Waals surface area contributed by atoms with E-state index in [0.29, 0.717) is 6.04 Å². The van der Waals surface area contributed by atoms with Gasteiger partial charge in [-0.25, -0.2) is 0 Å². The molecule has 0 saturated carbocycles. The number of rotatable bonds is 4. The van der Waals surface area contributed by atoms with E-state index in [2.05, 4.69) is 45.8 Å². The van der Waals surface area contributed by atoms with E-state index in [1.54, 1.807) is 0 Å². The molecule has 0 aromatic rings. The van der Waals surface area contributed by atoms with Gasteiger partial charge in [0.1, 0.15) is 0 Å². The third-order valence-corrected chi connectivity index (χ3v) is 2.17. The Kier molecular flexibility index (Phi) is 5.22. The predicted octanol–water partition coefficient (Wildman–Crippen LogP) is 2.68. The lowest BCUT2D eigenvalue weighted by atomic mass is 10.0. The molecule has 0 saturated heterocycles. The van der Waals surface area contributed by atoms with Crippen LogP contribution in [0.4, 0.5) is 0 Å². The molecule has 0 rings (SSSR count). The molecule has 1 nitrogen and oxygen atoms in total. The average molecular weight is 155 g/mol. The van der Waals surface area contributed by atoms with Crippen LogP contribution in [-0.4, -0.2) is 25.0 Å². The summed E-state index contributed by atoms with van der Waals surface area (Å²) in [7, 11) is 4.29. The second-order valence-electron chi connectivity index (χ2n) is 3.30. The van der Waals surface area contributed by atoms with Gasteiger partial charge >= 0.3 is 0 Å². The molecule has 0 spiro atoms. The van der Waals surface area contributed by atoms with Crippen molar-refractivity contribution in [3.05, 3.63) is 11.6 Å². The first-order chi connectivity index (χ1) is 5.13. The molecule has 0 bridgehead atoms. The van der Waals surface area contributed by atoms with Crippen LogP contribution in [0.5, 0.6) is 0 Å². The molecule has 0 aliphatic carbocycles. The van der Waals surface area contributed by atoms with Gasteiger partial charge in [0.2, 0.25) is 0 Å². The van der Waals surface area contributed by atoms with E-state index in [0.717, 1.165) is 0 Å². The van der Waals surface area contributed by atoms with Crippen LogP contribution in [0.1, 0.15) is 33.6 Å². The molecule has 1 atom stereocenters. The Morgan fingerprint density at radius 3 is 2.27 bits per heavy atom. The zero-order chi connectivity index (χ0) is 8.85. The average Bonchev–Trinajstić information content (AvgIpc) is 1.98. The lowest BCUT2D eigenvalue weighted by Gasteiger charge is -2.24. The highest BCUT2D eigenvalue weighted by Gasteiger charge is 2.10. The Hall–Kier alpha value is -0.300. The smallest absolute Gasteiger partial charge is 0.0298 e. The quantitative estimate of drug-likeness (QED) is 0.564. The first-order valence-corrected chi connectivity index (χ1v) is 4.42. The summed E-state index contributed by atoms with van der Waals surface area (Å²) in [5.41, 5.74) is 1.48. The highest BCUT2D eigenvalue weighted by atomic mass is 15.1. The summed E-state index contributed by atoms with van der Waals surface area (Å²) in [4.78, 5) is 2.29. The number of allylic oxidation sites excluding steroid dienone is 1. The minimum atomic E-state index is 0.644. The van der Waals surface area contributed by atoms with E-state index in [4.69, 9.17) is 0 Å². The van der Waals surface area contributed by atoms with Crippen molar-refractivity contribution in [1.82, 2.24) is 4.90 Å². The van der Waals surface area contributed by atoms with E-state index in [1.165, 1.54) is 18.4 Å². The van der Waals surface area contributed by atoms with Gasteiger partial charge in [-0.1, -0.05) is 25.0 Å². The van der Waals surface area contributed by atoms with Gasteiger partial charge in [-0.05, 0) is 34.4 Å². The molecule has 0 radical (unpaired) electrons. The fourth-order valence-electron chi connectivity index (χ4n) is 1.36. The van der Waals surface area contributed by atoms with E-state index in [9.17, 15) is 0 Å². The topological polar surface area (TPSA) is 3.24 Å². The molecule has 11 heavy (non-hydrogen) atoms. The molecule has 1 unspecified atom stereocenters. The van der Waals surface area contributed by atoms with Gasteiger partial charge in [0.25, 0.3) is 0 Å². The second-order valence-corrected chi connectivity index (χ2v) is 3.30. The van der Waals surface area contributed by atoms with Crippen LogP contribution in [0, 0.1) is 0 Å². The van der Waals surface area contributed by atoms with Gasteiger partial charge in [-0.2, -0.15) is 0 Å². The Bertz CT molecular complexity index is 125. The predicted molar refractivity (Wildman–Crippen MR) is 51.8 cm³/mol. The lowest BCUT2D eigenvalue weighted by molar-refractivity contribution is 0.312. The zero-order valence-corrected chi connectivity index (χ0v) is 8.52. The zero-order valence-electron chi connectivity index (χ0n) is 8.52. The lowest BCUT2D eigenvalue weighted by Crippen LogP contribution is -2.28. The summed E-state index contributed by atoms with van der Waals surface area (Å²) in [5.74, 6) is 0. The Morgan fingerprint density at radius 2 is 2.00 bits per heavy atom. The molecular weight excluding hydrogens is 134 g/mol. The monoisotopic (exact) mass is 155 g/mol. The molecule has 0 aromatic heterocycles. The maximum atomic E-state index is 2.29. The molecule has 0 fully saturated rings. The van der Waals surface area contributed by atoms with Gasteiger partial charge in [-0.15, -0.1) is 0 Å². The molecule has 0 N–H and O–H groups in total. The SMILES string of the molecule is C/C=C(\C)C(CCC)N(C)C. The number of nitrogens with zero attached hydrogens (tertiary/aromatic N) is 1. The van der Waals surface area contributed by atoms with Gasteiger partial charge in [0, 0.05) is 6.04 Å². The Labute approximate surface area is 71.1 Å².